The van der Waals surface area contributed by atoms with Crippen LogP contribution in [-0.4, -0.2) is 30.6 Å². The Morgan fingerprint density at radius 2 is 1.95 bits per heavy atom. The lowest BCUT2D eigenvalue weighted by molar-refractivity contribution is 0.0418. The van der Waals surface area contributed by atoms with E-state index in [0.717, 1.165) is 31.3 Å². The van der Waals surface area contributed by atoms with E-state index in [1.807, 2.05) is 12.1 Å². The number of methoxy groups -OCH3 is 1. The first-order valence-corrected chi connectivity index (χ1v) is 8.22. The molecule has 3 heteroatoms. The van der Waals surface area contributed by atoms with Crippen LogP contribution in [0.4, 0.5) is 0 Å². The Bertz CT molecular complexity index is 439. The van der Waals surface area contributed by atoms with Crippen LogP contribution in [0.5, 0.6) is 5.75 Å². The summed E-state index contributed by atoms with van der Waals surface area (Å²) in [6.07, 6.45) is 5.01. The summed E-state index contributed by atoms with van der Waals surface area (Å²) in [6.45, 7) is 7.31. The predicted octanol–water partition coefficient (Wildman–Crippen LogP) is 3.42. The van der Waals surface area contributed by atoms with Gasteiger partial charge >= 0.3 is 0 Å². The standard InChI is InChI=1S/C18H30N2O/c1-4-20(13-16-7-5-6-8-17(16)21-3)18(14-19)11-9-15(2)10-12-18/h5-8,15H,4,9-14,19H2,1-3H3. The summed E-state index contributed by atoms with van der Waals surface area (Å²) < 4.78 is 5.50. The molecule has 0 bridgehead atoms. The molecule has 1 aromatic carbocycles. The number of likely N-dealkylation sites (N-methyl/N-ethyl adjacent to an activating group) is 1. The molecule has 0 aliphatic heterocycles. The van der Waals surface area contributed by atoms with Crippen LogP contribution in [0, 0.1) is 5.92 Å². The molecule has 1 aliphatic carbocycles. The lowest BCUT2D eigenvalue weighted by Crippen LogP contribution is -2.55. The zero-order valence-corrected chi connectivity index (χ0v) is 13.8. The van der Waals surface area contributed by atoms with E-state index in [1.54, 1.807) is 7.11 Å². The van der Waals surface area contributed by atoms with Crippen molar-refractivity contribution in [3.05, 3.63) is 29.8 Å². The minimum Gasteiger partial charge on any atom is -0.496 e. The highest BCUT2D eigenvalue weighted by atomic mass is 16.5. The molecule has 1 aromatic rings. The van der Waals surface area contributed by atoms with Gasteiger partial charge in [-0.15, -0.1) is 0 Å². The van der Waals surface area contributed by atoms with Crippen molar-refractivity contribution in [2.24, 2.45) is 11.7 Å². The second-order valence-corrected chi connectivity index (χ2v) is 6.44. The molecule has 118 valence electrons. The molecule has 0 radical (unpaired) electrons. The molecule has 0 heterocycles. The van der Waals surface area contributed by atoms with Crippen LogP contribution in [-0.2, 0) is 6.54 Å². The molecular formula is C18H30N2O. The zero-order chi connectivity index (χ0) is 15.3. The molecule has 0 amide bonds. The minimum absolute atomic E-state index is 0.169. The van der Waals surface area contributed by atoms with Gasteiger partial charge in [0.05, 0.1) is 7.11 Å². The summed E-state index contributed by atoms with van der Waals surface area (Å²) in [5, 5.41) is 0. The van der Waals surface area contributed by atoms with Crippen LogP contribution in [0.25, 0.3) is 0 Å². The van der Waals surface area contributed by atoms with Crippen LogP contribution < -0.4 is 10.5 Å². The topological polar surface area (TPSA) is 38.5 Å². The maximum atomic E-state index is 6.21. The van der Waals surface area contributed by atoms with Gasteiger partial charge in [-0.1, -0.05) is 32.0 Å². The van der Waals surface area contributed by atoms with E-state index in [9.17, 15) is 0 Å². The van der Waals surface area contributed by atoms with Gasteiger partial charge in [-0.05, 0) is 44.2 Å². The Kier molecular flexibility index (Phi) is 5.65. The molecule has 0 spiro atoms. The van der Waals surface area contributed by atoms with Gasteiger partial charge in [0.2, 0.25) is 0 Å². The van der Waals surface area contributed by atoms with Gasteiger partial charge in [0.1, 0.15) is 5.75 Å². The molecule has 0 atom stereocenters. The van der Waals surface area contributed by atoms with E-state index < -0.39 is 0 Å². The second kappa shape index (κ2) is 7.28. The van der Waals surface area contributed by atoms with E-state index in [2.05, 4.69) is 30.9 Å². The predicted molar refractivity (Wildman–Crippen MR) is 88.5 cm³/mol. The highest BCUT2D eigenvalue weighted by Crippen LogP contribution is 2.37. The average Bonchev–Trinajstić information content (AvgIpc) is 2.54. The molecule has 2 rings (SSSR count). The van der Waals surface area contributed by atoms with Crippen molar-refractivity contribution in [1.82, 2.24) is 4.90 Å². The molecule has 3 nitrogen and oxygen atoms in total. The van der Waals surface area contributed by atoms with Gasteiger partial charge in [-0.2, -0.15) is 0 Å². The number of hydrogen-bond acceptors (Lipinski definition) is 3. The van der Waals surface area contributed by atoms with Crippen LogP contribution >= 0.6 is 0 Å². The Labute approximate surface area is 129 Å². The fraction of sp³-hybridized carbons (Fsp3) is 0.667. The zero-order valence-electron chi connectivity index (χ0n) is 13.8. The third-order valence-corrected chi connectivity index (χ3v) is 5.19. The molecule has 0 aromatic heterocycles. The van der Waals surface area contributed by atoms with Gasteiger partial charge in [-0.3, -0.25) is 4.90 Å². The fourth-order valence-corrected chi connectivity index (χ4v) is 3.60. The van der Waals surface area contributed by atoms with Gasteiger partial charge in [0.25, 0.3) is 0 Å². The molecule has 1 aliphatic rings. The van der Waals surface area contributed by atoms with Crippen molar-refractivity contribution in [2.45, 2.75) is 51.6 Å². The van der Waals surface area contributed by atoms with Gasteiger partial charge in [0.15, 0.2) is 0 Å². The Hall–Kier alpha value is -1.06. The van der Waals surface area contributed by atoms with Crippen molar-refractivity contribution >= 4 is 0 Å². The first-order valence-electron chi connectivity index (χ1n) is 8.22. The second-order valence-electron chi connectivity index (χ2n) is 6.44. The highest BCUT2D eigenvalue weighted by Gasteiger charge is 2.37. The number of nitrogens with zero attached hydrogens (tertiary/aromatic N) is 1. The summed E-state index contributed by atoms with van der Waals surface area (Å²) >= 11 is 0. The SMILES string of the molecule is CCN(Cc1ccccc1OC)C1(CN)CCC(C)CC1. The van der Waals surface area contributed by atoms with Crippen LogP contribution in [0.1, 0.15) is 45.1 Å². The molecule has 21 heavy (non-hydrogen) atoms. The average molecular weight is 290 g/mol. The first kappa shape index (κ1) is 16.3. The summed E-state index contributed by atoms with van der Waals surface area (Å²) in [5.41, 5.74) is 7.64. The largest absolute Gasteiger partial charge is 0.496 e. The number of rotatable bonds is 6. The van der Waals surface area contributed by atoms with E-state index in [4.69, 9.17) is 10.5 Å². The first-order chi connectivity index (χ1) is 10.1. The minimum atomic E-state index is 0.169. The monoisotopic (exact) mass is 290 g/mol. The smallest absolute Gasteiger partial charge is 0.123 e. The third kappa shape index (κ3) is 3.58. The van der Waals surface area contributed by atoms with E-state index >= 15 is 0 Å². The maximum Gasteiger partial charge on any atom is 0.123 e. The van der Waals surface area contributed by atoms with E-state index in [-0.39, 0.29) is 5.54 Å². The van der Waals surface area contributed by atoms with Crippen LogP contribution in [0.2, 0.25) is 0 Å². The lowest BCUT2D eigenvalue weighted by Gasteiger charge is -2.47. The van der Waals surface area contributed by atoms with Crippen molar-refractivity contribution in [1.29, 1.82) is 0 Å². The number of para-hydroxylation sites is 1. The molecule has 1 fully saturated rings. The Balaban J connectivity index is 2.18. The summed E-state index contributed by atoms with van der Waals surface area (Å²) in [6, 6.07) is 8.32. The highest BCUT2D eigenvalue weighted by molar-refractivity contribution is 5.33. The summed E-state index contributed by atoms with van der Waals surface area (Å²) in [7, 11) is 1.75. The lowest BCUT2D eigenvalue weighted by atomic mass is 9.76. The molecule has 2 N–H and O–H groups in total. The van der Waals surface area contributed by atoms with Crippen molar-refractivity contribution in [2.75, 3.05) is 20.2 Å². The molecular weight excluding hydrogens is 260 g/mol. The van der Waals surface area contributed by atoms with Gasteiger partial charge in [0, 0.05) is 24.2 Å². The van der Waals surface area contributed by atoms with Crippen molar-refractivity contribution < 1.29 is 4.74 Å². The Morgan fingerprint density at radius 1 is 1.29 bits per heavy atom. The summed E-state index contributed by atoms with van der Waals surface area (Å²) in [5.74, 6) is 1.82. The summed E-state index contributed by atoms with van der Waals surface area (Å²) in [4.78, 5) is 2.57. The third-order valence-electron chi connectivity index (χ3n) is 5.19. The van der Waals surface area contributed by atoms with E-state index in [0.29, 0.717) is 0 Å². The fourth-order valence-electron chi connectivity index (χ4n) is 3.60. The maximum absolute atomic E-state index is 6.21. The normalized spacial score (nSPS) is 26.0. The number of benzene rings is 1. The van der Waals surface area contributed by atoms with E-state index in [1.165, 1.54) is 31.2 Å². The molecule has 0 saturated heterocycles. The van der Waals surface area contributed by atoms with Gasteiger partial charge in [-0.25, -0.2) is 0 Å². The van der Waals surface area contributed by atoms with Crippen molar-refractivity contribution in [3.63, 3.8) is 0 Å². The number of nitrogens with two attached hydrogens (primary N) is 1. The number of hydrogen-bond donors (Lipinski definition) is 1. The quantitative estimate of drug-likeness (QED) is 0.872. The Morgan fingerprint density at radius 3 is 2.52 bits per heavy atom. The van der Waals surface area contributed by atoms with Gasteiger partial charge < -0.3 is 10.5 Å². The van der Waals surface area contributed by atoms with Crippen LogP contribution in [0.3, 0.4) is 0 Å². The number of ether oxygens (including phenoxy) is 1. The molecule has 0 unspecified atom stereocenters. The van der Waals surface area contributed by atoms with Crippen LogP contribution in [0.15, 0.2) is 24.3 Å². The molecule has 1 saturated carbocycles. The van der Waals surface area contributed by atoms with Crippen molar-refractivity contribution in [3.8, 4) is 5.75 Å².